The van der Waals surface area contributed by atoms with E-state index in [4.69, 9.17) is 14.2 Å². The minimum atomic E-state index is -0.425. The zero-order chi connectivity index (χ0) is 11.7. The number of aliphatic hydroxyl groups is 1. The Morgan fingerprint density at radius 3 is 2.65 bits per heavy atom. The first-order valence-corrected chi connectivity index (χ1v) is 5.94. The van der Waals surface area contributed by atoms with Gasteiger partial charge in [0.05, 0.1) is 25.4 Å². The van der Waals surface area contributed by atoms with Gasteiger partial charge in [-0.3, -0.25) is 0 Å². The molecule has 17 heavy (non-hydrogen) atoms. The van der Waals surface area contributed by atoms with Gasteiger partial charge in [-0.05, 0) is 0 Å². The van der Waals surface area contributed by atoms with Gasteiger partial charge in [0.1, 0.15) is 6.10 Å². The van der Waals surface area contributed by atoms with Crippen LogP contribution in [0, 0.1) is 0 Å². The minimum absolute atomic E-state index is 0.0432. The molecule has 0 aromatic heterocycles. The second-order valence-electron chi connectivity index (χ2n) is 4.51. The molecule has 4 atom stereocenters. The number of ether oxygens (including phenoxy) is 3. The minimum Gasteiger partial charge on any atom is -0.391 e. The average Bonchev–Trinajstić information content (AvgIpc) is 2.39. The lowest BCUT2D eigenvalue weighted by Crippen LogP contribution is -2.49. The zero-order valence-corrected chi connectivity index (χ0v) is 9.49. The van der Waals surface area contributed by atoms with Crippen molar-refractivity contribution in [3.8, 4) is 0 Å². The van der Waals surface area contributed by atoms with E-state index in [1.165, 1.54) is 0 Å². The Balaban J connectivity index is 1.70. The zero-order valence-electron chi connectivity index (χ0n) is 9.49. The molecule has 4 nitrogen and oxygen atoms in total. The van der Waals surface area contributed by atoms with Gasteiger partial charge in [-0.2, -0.15) is 0 Å². The summed E-state index contributed by atoms with van der Waals surface area (Å²) in [5.41, 5.74) is 1.01. The third-order valence-electron chi connectivity index (χ3n) is 3.20. The van der Waals surface area contributed by atoms with Crippen molar-refractivity contribution in [3.05, 3.63) is 35.9 Å². The van der Waals surface area contributed by atoms with E-state index in [2.05, 4.69) is 0 Å². The fourth-order valence-electron chi connectivity index (χ4n) is 2.29. The second-order valence-corrected chi connectivity index (χ2v) is 4.51. The summed E-state index contributed by atoms with van der Waals surface area (Å²) in [7, 11) is 0. The van der Waals surface area contributed by atoms with Gasteiger partial charge in [-0.15, -0.1) is 0 Å². The van der Waals surface area contributed by atoms with Crippen LogP contribution in [0.5, 0.6) is 0 Å². The molecule has 1 aromatic rings. The predicted molar refractivity (Wildman–Crippen MR) is 60.4 cm³/mol. The first kappa shape index (κ1) is 11.2. The topological polar surface area (TPSA) is 47.9 Å². The lowest BCUT2D eigenvalue weighted by molar-refractivity contribution is -0.288. The van der Waals surface area contributed by atoms with E-state index < -0.39 is 6.10 Å². The number of rotatable bonds is 1. The Labute approximate surface area is 100 Å². The maximum absolute atomic E-state index is 9.56. The van der Waals surface area contributed by atoms with Crippen LogP contribution in [-0.4, -0.2) is 36.6 Å². The fourth-order valence-corrected chi connectivity index (χ4v) is 2.29. The summed E-state index contributed by atoms with van der Waals surface area (Å²) in [5, 5.41) is 9.56. The molecule has 3 rings (SSSR count). The SMILES string of the molecule is O[C@@H]1CO[C@H]2CO[C@H](c3ccccc3)O[C@@H]2C1. The van der Waals surface area contributed by atoms with Crippen molar-refractivity contribution in [3.63, 3.8) is 0 Å². The maximum Gasteiger partial charge on any atom is 0.184 e. The molecule has 2 aliphatic heterocycles. The molecule has 0 radical (unpaired) electrons. The monoisotopic (exact) mass is 236 g/mol. The molecular formula is C13H16O4. The Kier molecular flexibility index (Phi) is 3.11. The van der Waals surface area contributed by atoms with Crippen molar-refractivity contribution >= 4 is 0 Å². The van der Waals surface area contributed by atoms with Crippen LogP contribution in [0.15, 0.2) is 30.3 Å². The van der Waals surface area contributed by atoms with Crippen molar-refractivity contribution < 1.29 is 19.3 Å². The van der Waals surface area contributed by atoms with Gasteiger partial charge in [-0.1, -0.05) is 30.3 Å². The molecular weight excluding hydrogens is 220 g/mol. The van der Waals surface area contributed by atoms with Gasteiger partial charge in [0.25, 0.3) is 0 Å². The summed E-state index contributed by atoms with van der Waals surface area (Å²) >= 11 is 0. The van der Waals surface area contributed by atoms with Crippen molar-refractivity contribution in [1.29, 1.82) is 0 Å². The quantitative estimate of drug-likeness (QED) is 0.797. The molecule has 0 saturated carbocycles. The highest BCUT2D eigenvalue weighted by molar-refractivity contribution is 5.16. The molecule has 92 valence electrons. The average molecular weight is 236 g/mol. The Hall–Kier alpha value is -0.940. The fraction of sp³-hybridized carbons (Fsp3) is 0.538. The molecule has 0 unspecified atom stereocenters. The lowest BCUT2D eigenvalue weighted by Gasteiger charge is -2.40. The Bertz CT molecular complexity index is 367. The Morgan fingerprint density at radius 1 is 1.00 bits per heavy atom. The van der Waals surface area contributed by atoms with Crippen molar-refractivity contribution in [2.24, 2.45) is 0 Å². The molecule has 2 heterocycles. The summed E-state index contributed by atoms with van der Waals surface area (Å²) in [6.45, 7) is 0.904. The molecule has 0 spiro atoms. The first-order chi connectivity index (χ1) is 8.33. The third-order valence-corrected chi connectivity index (χ3v) is 3.20. The number of hydrogen-bond donors (Lipinski definition) is 1. The van der Waals surface area contributed by atoms with Crippen LogP contribution < -0.4 is 0 Å². The van der Waals surface area contributed by atoms with E-state index in [1.807, 2.05) is 30.3 Å². The van der Waals surface area contributed by atoms with E-state index in [1.54, 1.807) is 0 Å². The molecule has 2 aliphatic rings. The molecule has 0 amide bonds. The largest absolute Gasteiger partial charge is 0.391 e. The van der Waals surface area contributed by atoms with Crippen LogP contribution >= 0.6 is 0 Å². The molecule has 1 aromatic carbocycles. The van der Waals surface area contributed by atoms with Gasteiger partial charge < -0.3 is 19.3 Å². The van der Waals surface area contributed by atoms with E-state index in [0.717, 1.165) is 5.56 Å². The van der Waals surface area contributed by atoms with Crippen molar-refractivity contribution in [2.45, 2.75) is 31.0 Å². The molecule has 1 N–H and O–H groups in total. The number of fused-ring (bicyclic) bond motifs is 1. The number of aliphatic hydroxyl groups excluding tert-OH is 1. The standard InChI is InChI=1S/C13H16O4/c14-10-6-11-12(15-7-10)8-16-13(17-11)9-4-2-1-3-5-9/h1-5,10-14H,6-8H2/t10-,11+,12-,13-/m0/s1. The van der Waals surface area contributed by atoms with Crippen LogP contribution in [0.2, 0.25) is 0 Å². The normalized spacial score (nSPS) is 37.5. The summed E-state index contributed by atoms with van der Waals surface area (Å²) < 4.78 is 17.0. The van der Waals surface area contributed by atoms with Gasteiger partial charge in [0.15, 0.2) is 6.29 Å². The molecule has 4 heteroatoms. The number of benzene rings is 1. The maximum atomic E-state index is 9.56. The lowest BCUT2D eigenvalue weighted by atomic mass is 10.0. The molecule has 2 fully saturated rings. The predicted octanol–water partition coefficient (Wildman–Crippen LogP) is 1.25. The van der Waals surface area contributed by atoms with Gasteiger partial charge in [0.2, 0.25) is 0 Å². The summed E-state index contributed by atoms with van der Waals surface area (Å²) in [6.07, 6.45) is -0.259. The van der Waals surface area contributed by atoms with Crippen molar-refractivity contribution in [2.75, 3.05) is 13.2 Å². The number of hydrogen-bond acceptors (Lipinski definition) is 4. The van der Waals surface area contributed by atoms with Gasteiger partial charge in [0, 0.05) is 12.0 Å². The second kappa shape index (κ2) is 4.74. The summed E-state index contributed by atoms with van der Waals surface area (Å²) in [4.78, 5) is 0. The summed E-state index contributed by atoms with van der Waals surface area (Å²) in [6, 6.07) is 9.83. The van der Waals surface area contributed by atoms with Crippen LogP contribution in [0.1, 0.15) is 18.3 Å². The summed E-state index contributed by atoms with van der Waals surface area (Å²) in [5.74, 6) is 0. The van der Waals surface area contributed by atoms with Crippen LogP contribution in [0.4, 0.5) is 0 Å². The van der Waals surface area contributed by atoms with Crippen molar-refractivity contribution in [1.82, 2.24) is 0 Å². The van der Waals surface area contributed by atoms with E-state index >= 15 is 0 Å². The first-order valence-electron chi connectivity index (χ1n) is 5.94. The van der Waals surface area contributed by atoms with E-state index in [0.29, 0.717) is 19.6 Å². The van der Waals surface area contributed by atoms with Gasteiger partial charge in [-0.25, -0.2) is 0 Å². The molecule has 0 aliphatic carbocycles. The van der Waals surface area contributed by atoms with Crippen LogP contribution in [-0.2, 0) is 14.2 Å². The third kappa shape index (κ3) is 2.35. The highest BCUT2D eigenvalue weighted by Crippen LogP contribution is 2.31. The highest BCUT2D eigenvalue weighted by Gasteiger charge is 2.37. The highest BCUT2D eigenvalue weighted by atomic mass is 16.7. The Morgan fingerprint density at radius 2 is 1.82 bits per heavy atom. The van der Waals surface area contributed by atoms with Gasteiger partial charge >= 0.3 is 0 Å². The smallest absolute Gasteiger partial charge is 0.184 e. The molecule has 0 bridgehead atoms. The van der Waals surface area contributed by atoms with Crippen LogP contribution in [0.3, 0.4) is 0 Å². The van der Waals surface area contributed by atoms with E-state index in [-0.39, 0.29) is 18.5 Å². The van der Waals surface area contributed by atoms with E-state index in [9.17, 15) is 5.11 Å². The van der Waals surface area contributed by atoms with Crippen LogP contribution in [0.25, 0.3) is 0 Å². The molecule has 2 saturated heterocycles.